The standard InChI is InChI=1S/C14H20N4O3/c1-4-7-17-9-15-12-11(17)13(20)18(14(21)16(12)3)8-5-6-10(2)19/h9H,4-8H2,1-3H3. The number of carbonyl (C=O) groups excluding carboxylic acids is 1. The van der Waals surface area contributed by atoms with Crippen LogP contribution in [0.25, 0.3) is 11.2 Å². The van der Waals surface area contributed by atoms with Gasteiger partial charge in [0.05, 0.1) is 6.33 Å². The molecule has 2 aromatic rings. The Morgan fingerprint density at radius 2 is 2.00 bits per heavy atom. The molecule has 0 amide bonds. The summed E-state index contributed by atoms with van der Waals surface area (Å²) in [7, 11) is 1.61. The lowest BCUT2D eigenvalue weighted by Gasteiger charge is -2.09. The van der Waals surface area contributed by atoms with Gasteiger partial charge in [-0.3, -0.25) is 13.9 Å². The molecule has 0 spiro atoms. The minimum atomic E-state index is -0.391. The van der Waals surface area contributed by atoms with Gasteiger partial charge in [0.15, 0.2) is 11.2 Å². The van der Waals surface area contributed by atoms with Crippen molar-refractivity contribution in [3.05, 3.63) is 27.2 Å². The number of Topliss-reactive ketones (excluding diaryl/α,β-unsaturated/α-hetero) is 1. The Morgan fingerprint density at radius 3 is 2.62 bits per heavy atom. The second-order valence-electron chi connectivity index (χ2n) is 5.21. The van der Waals surface area contributed by atoms with Crippen LogP contribution in [-0.2, 0) is 24.9 Å². The topological polar surface area (TPSA) is 78.9 Å². The molecule has 21 heavy (non-hydrogen) atoms. The first-order valence-corrected chi connectivity index (χ1v) is 7.11. The Kier molecular flexibility index (Phi) is 4.40. The van der Waals surface area contributed by atoms with Crippen LogP contribution in [0, 0.1) is 0 Å². The van der Waals surface area contributed by atoms with Crippen LogP contribution in [0.15, 0.2) is 15.9 Å². The lowest BCUT2D eigenvalue weighted by Crippen LogP contribution is -2.39. The van der Waals surface area contributed by atoms with Crippen LogP contribution in [0.3, 0.4) is 0 Å². The smallest absolute Gasteiger partial charge is 0.325 e. The molecule has 0 radical (unpaired) electrons. The monoisotopic (exact) mass is 292 g/mol. The van der Waals surface area contributed by atoms with E-state index in [9.17, 15) is 14.4 Å². The number of fused-ring (bicyclic) bond motifs is 1. The van der Waals surface area contributed by atoms with E-state index in [1.807, 2.05) is 6.92 Å². The van der Waals surface area contributed by atoms with E-state index in [1.165, 1.54) is 16.1 Å². The SMILES string of the molecule is CCCn1cnc2c1c(=O)n(CCCC(C)=O)c(=O)n2C. The predicted octanol–water partition coefficient (Wildman–Crippen LogP) is 0.676. The average molecular weight is 292 g/mol. The van der Waals surface area contributed by atoms with E-state index in [2.05, 4.69) is 4.98 Å². The van der Waals surface area contributed by atoms with E-state index >= 15 is 0 Å². The third-order valence-corrected chi connectivity index (χ3v) is 3.48. The highest BCUT2D eigenvalue weighted by atomic mass is 16.2. The highest BCUT2D eigenvalue weighted by molar-refractivity contribution is 5.75. The Morgan fingerprint density at radius 1 is 1.29 bits per heavy atom. The molecule has 7 heteroatoms. The van der Waals surface area contributed by atoms with Gasteiger partial charge in [-0.15, -0.1) is 0 Å². The number of carbonyl (C=O) groups is 1. The van der Waals surface area contributed by atoms with Crippen LogP contribution in [0.5, 0.6) is 0 Å². The molecule has 2 rings (SSSR count). The molecule has 0 aliphatic carbocycles. The Hall–Kier alpha value is -2.18. The van der Waals surface area contributed by atoms with Gasteiger partial charge in [0.2, 0.25) is 0 Å². The molecule has 114 valence electrons. The van der Waals surface area contributed by atoms with Crippen LogP contribution in [0.2, 0.25) is 0 Å². The van der Waals surface area contributed by atoms with Gasteiger partial charge in [0.1, 0.15) is 5.78 Å². The highest BCUT2D eigenvalue weighted by Crippen LogP contribution is 2.06. The van der Waals surface area contributed by atoms with Gasteiger partial charge in [-0.1, -0.05) is 6.92 Å². The number of imidazole rings is 1. The number of ketones is 1. The van der Waals surface area contributed by atoms with Gasteiger partial charge < -0.3 is 9.36 Å². The Balaban J connectivity index is 2.54. The molecule has 0 bridgehead atoms. The first kappa shape index (κ1) is 15.2. The molecule has 0 saturated heterocycles. The zero-order valence-electron chi connectivity index (χ0n) is 12.6. The number of hydrogen-bond donors (Lipinski definition) is 0. The minimum absolute atomic E-state index is 0.0528. The minimum Gasteiger partial charge on any atom is -0.325 e. The summed E-state index contributed by atoms with van der Waals surface area (Å²) in [6.45, 7) is 4.44. The van der Waals surface area contributed by atoms with E-state index in [0.29, 0.717) is 30.6 Å². The van der Waals surface area contributed by atoms with Gasteiger partial charge >= 0.3 is 5.69 Å². The second kappa shape index (κ2) is 6.07. The fourth-order valence-electron chi connectivity index (χ4n) is 2.42. The lowest BCUT2D eigenvalue weighted by atomic mass is 10.2. The predicted molar refractivity (Wildman–Crippen MR) is 79.4 cm³/mol. The summed E-state index contributed by atoms with van der Waals surface area (Å²) in [6, 6.07) is 0. The third kappa shape index (κ3) is 2.81. The fourth-order valence-corrected chi connectivity index (χ4v) is 2.42. The summed E-state index contributed by atoms with van der Waals surface area (Å²) in [5, 5.41) is 0. The van der Waals surface area contributed by atoms with Crippen molar-refractivity contribution in [1.82, 2.24) is 18.7 Å². The van der Waals surface area contributed by atoms with Crippen molar-refractivity contribution in [1.29, 1.82) is 0 Å². The number of hydrogen-bond acceptors (Lipinski definition) is 4. The first-order valence-electron chi connectivity index (χ1n) is 7.11. The van der Waals surface area contributed by atoms with Crippen LogP contribution >= 0.6 is 0 Å². The molecule has 0 atom stereocenters. The largest absolute Gasteiger partial charge is 0.332 e. The summed E-state index contributed by atoms with van der Waals surface area (Å²) in [5.41, 5.74) is 0.128. The first-order chi connectivity index (χ1) is 9.97. The third-order valence-electron chi connectivity index (χ3n) is 3.48. The summed E-state index contributed by atoms with van der Waals surface area (Å²) >= 11 is 0. The number of nitrogens with zero attached hydrogens (tertiary/aromatic N) is 4. The van der Waals surface area contributed by atoms with Crippen molar-refractivity contribution < 1.29 is 4.79 Å². The molecule has 0 unspecified atom stereocenters. The molecular formula is C14H20N4O3. The maximum absolute atomic E-state index is 12.5. The van der Waals surface area contributed by atoms with Crippen molar-refractivity contribution in [2.45, 2.75) is 46.2 Å². The van der Waals surface area contributed by atoms with Crippen LogP contribution < -0.4 is 11.2 Å². The van der Waals surface area contributed by atoms with Crippen molar-refractivity contribution in [3.63, 3.8) is 0 Å². The van der Waals surface area contributed by atoms with Crippen LogP contribution in [0.4, 0.5) is 0 Å². The van der Waals surface area contributed by atoms with E-state index in [1.54, 1.807) is 17.9 Å². The van der Waals surface area contributed by atoms with Gasteiger partial charge in [0, 0.05) is 26.6 Å². The van der Waals surface area contributed by atoms with Gasteiger partial charge in [-0.25, -0.2) is 9.78 Å². The highest BCUT2D eigenvalue weighted by Gasteiger charge is 2.15. The van der Waals surface area contributed by atoms with Crippen molar-refractivity contribution >= 4 is 16.9 Å². The number of aromatic nitrogens is 4. The normalized spacial score (nSPS) is 11.2. The summed E-state index contributed by atoms with van der Waals surface area (Å²) in [5.74, 6) is 0.0528. The van der Waals surface area contributed by atoms with Crippen molar-refractivity contribution in [3.8, 4) is 0 Å². The lowest BCUT2D eigenvalue weighted by molar-refractivity contribution is -0.117. The van der Waals surface area contributed by atoms with E-state index in [-0.39, 0.29) is 17.9 Å². The van der Waals surface area contributed by atoms with Gasteiger partial charge in [-0.05, 0) is 19.8 Å². The number of rotatable bonds is 6. The molecule has 2 aromatic heterocycles. The quantitative estimate of drug-likeness (QED) is 0.784. The van der Waals surface area contributed by atoms with Crippen molar-refractivity contribution in [2.24, 2.45) is 7.05 Å². The van der Waals surface area contributed by atoms with E-state index in [4.69, 9.17) is 0 Å². The van der Waals surface area contributed by atoms with Crippen LogP contribution in [-0.4, -0.2) is 24.5 Å². The molecule has 0 aliphatic heterocycles. The average Bonchev–Trinajstić information content (AvgIpc) is 2.84. The maximum atomic E-state index is 12.5. The van der Waals surface area contributed by atoms with Gasteiger partial charge in [-0.2, -0.15) is 0 Å². The molecule has 2 heterocycles. The Labute approximate surface area is 121 Å². The maximum Gasteiger partial charge on any atom is 0.332 e. The molecule has 0 aliphatic rings. The zero-order chi connectivity index (χ0) is 15.6. The second-order valence-corrected chi connectivity index (χ2v) is 5.21. The molecule has 0 aromatic carbocycles. The zero-order valence-corrected chi connectivity index (χ0v) is 12.6. The molecule has 0 fully saturated rings. The summed E-state index contributed by atoms with van der Waals surface area (Å²) in [6.07, 6.45) is 3.31. The molecular weight excluding hydrogens is 272 g/mol. The van der Waals surface area contributed by atoms with Crippen LogP contribution in [0.1, 0.15) is 33.1 Å². The Bertz CT molecular complexity index is 782. The molecule has 0 saturated carbocycles. The molecule has 0 N–H and O–H groups in total. The summed E-state index contributed by atoms with van der Waals surface area (Å²) in [4.78, 5) is 39.9. The number of aryl methyl sites for hydroxylation is 2. The fraction of sp³-hybridized carbons (Fsp3) is 0.571. The summed E-state index contributed by atoms with van der Waals surface area (Å²) < 4.78 is 4.36. The molecule has 7 nitrogen and oxygen atoms in total. The van der Waals surface area contributed by atoms with E-state index in [0.717, 1.165) is 6.42 Å². The van der Waals surface area contributed by atoms with E-state index < -0.39 is 5.69 Å². The van der Waals surface area contributed by atoms with Crippen molar-refractivity contribution in [2.75, 3.05) is 0 Å². The van der Waals surface area contributed by atoms with Gasteiger partial charge in [0.25, 0.3) is 5.56 Å².